The Labute approximate surface area is 151 Å². The SMILES string of the molecule is CCCCCC(=O)NCc1cccc(CN2CCC[C@@H](C(N)=O)C2)c1. The van der Waals surface area contributed by atoms with Crippen LogP contribution >= 0.6 is 0 Å². The lowest BCUT2D eigenvalue weighted by atomic mass is 9.97. The van der Waals surface area contributed by atoms with E-state index in [-0.39, 0.29) is 17.7 Å². The van der Waals surface area contributed by atoms with Gasteiger partial charge >= 0.3 is 0 Å². The first-order chi connectivity index (χ1) is 12.1. The van der Waals surface area contributed by atoms with Crippen LogP contribution in [0.4, 0.5) is 0 Å². The third kappa shape index (κ3) is 6.86. The van der Waals surface area contributed by atoms with Crippen LogP contribution in [0, 0.1) is 5.92 Å². The van der Waals surface area contributed by atoms with Crippen LogP contribution in [-0.4, -0.2) is 29.8 Å². The monoisotopic (exact) mass is 345 g/mol. The molecule has 0 bridgehead atoms. The molecule has 3 N–H and O–H groups in total. The average Bonchev–Trinajstić information content (AvgIpc) is 2.61. The number of unbranched alkanes of at least 4 members (excludes halogenated alkanes) is 2. The molecule has 0 aromatic heterocycles. The minimum absolute atomic E-state index is 0.0284. The van der Waals surface area contributed by atoms with Crippen LogP contribution in [0.5, 0.6) is 0 Å². The van der Waals surface area contributed by atoms with Crippen LogP contribution in [0.25, 0.3) is 0 Å². The maximum absolute atomic E-state index is 11.8. The molecule has 0 saturated carbocycles. The first-order valence-corrected chi connectivity index (χ1v) is 9.44. The third-order valence-corrected chi connectivity index (χ3v) is 4.80. The summed E-state index contributed by atoms with van der Waals surface area (Å²) in [7, 11) is 0. The van der Waals surface area contributed by atoms with Gasteiger partial charge in [0.05, 0.1) is 5.92 Å². The maximum Gasteiger partial charge on any atom is 0.221 e. The zero-order valence-corrected chi connectivity index (χ0v) is 15.3. The Morgan fingerprint density at radius 2 is 2.08 bits per heavy atom. The zero-order chi connectivity index (χ0) is 18.1. The average molecular weight is 345 g/mol. The van der Waals surface area contributed by atoms with E-state index in [1.807, 2.05) is 12.1 Å². The number of benzene rings is 1. The number of nitrogens with one attached hydrogen (secondary N) is 1. The van der Waals surface area contributed by atoms with Crippen LogP contribution in [0.3, 0.4) is 0 Å². The fourth-order valence-electron chi connectivity index (χ4n) is 3.35. The summed E-state index contributed by atoms with van der Waals surface area (Å²) in [6, 6.07) is 8.31. The second kappa shape index (κ2) is 10.2. The highest BCUT2D eigenvalue weighted by atomic mass is 16.2. The molecule has 2 amide bonds. The third-order valence-electron chi connectivity index (χ3n) is 4.80. The highest BCUT2D eigenvalue weighted by molar-refractivity contribution is 5.77. The quantitative estimate of drug-likeness (QED) is 0.676. The molecule has 1 aliphatic heterocycles. The van der Waals surface area contributed by atoms with Crippen molar-refractivity contribution in [3.63, 3.8) is 0 Å². The van der Waals surface area contributed by atoms with E-state index in [1.165, 1.54) is 5.56 Å². The first kappa shape index (κ1) is 19.4. The van der Waals surface area contributed by atoms with Crippen molar-refractivity contribution in [2.24, 2.45) is 11.7 Å². The van der Waals surface area contributed by atoms with E-state index in [0.29, 0.717) is 13.0 Å². The summed E-state index contributed by atoms with van der Waals surface area (Å²) in [6.45, 7) is 5.28. The molecule has 0 spiro atoms. The standard InChI is InChI=1S/C20H31N3O2/c1-2-3-4-10-19(24)22-13-16-7-5-8-17(12-16)14-23-11-6-9-18(15-23)20(21)25/h5,7-8,12,18H,2-4,6,9-11,13-15H2,1H3,(H2,21,25)(H,22,24)/t18-/m1/s1. The van der Waals surface area contributed by atoms with Crippen molar-refractivity contribution < 1.29 is 9.59 Å². The summed E-state index contributed by atoms with van der Waals surface area (Å²) in [5.41, 5.74) is 7.78. The molecule has 1 atom stereocenters. The van der Waals surface area contributed by atoms with Crippen molar-refractivity contribution in [3.05, 3.63) is 35.4 Å². The maximum atomic E-state index is 11.8. The van der Waals surface area contributed by atoms with Crippen molar-refractivity contribution in [1.82, 2.24) is 10.2 Å². The second-order valence-corrected chi connectivity index (χ2v) is 7.03. The van der Waals surface area contributed by atoms with Gasteiger partial charge in [0.25, 0.3) is 0 Å². The lowest BCUT2D eigenvalue weighted by Crippen LogP contribution is -2.40. The number of nitrogens with two attached hydrogens (primary N) is 1. The highest BCUT2D eigenvalue weighted by Crippen LogP contribution is 2.18. The van der Waals surface area contributed by atoms with Gasteiger partial charge in [-0.3, -0.25) is 14.5 Å². The fraction of sp³-hybridized carbons (Fsp3) is 0.600. The molecule has 138 valence electrons. The molecule has 1 aromatic carbocycles. The zero-order valence-electron chi connectivity index (χ0n) is 15.3. The highest BCUT2D eigenvalue weighted by Gasteiger charge is 2.23. The van der Waals surface area contributed by atoms with Crippen LogP contribution in [0.1, 0.15) is 56.6 Å². The van der Waals surface area contributed by atoms with Gasteiger partial charge in [-0.2, -0.15) is 0 Å². The Hall–Kier alpha value is -1.88. The molecule has 2 rings (SSSR count). The van der Waals surface area contributed by atoms with Gasteiger partial charge in [0.2, 0.25) is 11.8 Å². The molecule has 25 heavy (non-hydrogen) atoms. The van der Waals surface area contributed by atoms with Crippen molar-refractivity contribution in [3.8, 4) is 0 Å². The van der Waals surface area contributed by atoms with Gasteiger partial charge in [-0.15, -0.1) is 0 Å². The van der Waals surface area contributed by atoms with Crippen molar-refractivity contribution in [1.29, 1.82) is 0 Å². The largest absolute Gasteiger partial charge is 0.369 e. The van der Waals surface area contributed by atoms with Crippen LogP contribution in [0.15, 0.2) is 24.3 Å². The van der Waals surface area contributed by atoms with Gasteiger partial charge in [-0.1, -0.05) is 44.0 Å². The molecule has 5 heteroatoms. The van der Waals surface area contributed by atoms with Crippen molar-refractivity contribution >= 4 is 11.8 Å². The molecule has 1 aromatic rings. The summed E-state index contributed by atoms with van der Waals surface area (Å²) >= 11 is 0. The summed E-state index contributed by atoms with van der Waals surface area (Å²) in [6.07, 6.45) is 5.71. The summed E-state index contributed by atoms with van der Waals surface area (Å²) in [5.74, 6) is -0.0947. The number of amides is 2. The predicted molar refractivity (Wildman–Crippen MR) is 99.6 cm³/mol. The Morgan fingerprint density at radius 1 is 1.28 bits per heavy atom. The first-order valence-electron chi connectivity index (χ1n) is 9.44. The fourth-order valence-corrected chi connectivity index (χ4v) is 3.35. The molecule has 1 aliphatic rings. The van der Waals surface area contributed by atoms with Gasteiger partial charge in [0.1, 0.15) is 0 Å². The minimum Gasteiger partial charge on any atom is -0.369 e. The Bertz CT molecular complexity index is 574. The van der Waals surface area contributed by atoms with E-state index in [9.17, 15) is 9.59 Å². The number of rotatable bonds is 9. The number of hydrogen-bond acceptors (Lipinski definition) is 3. The lowest BCUT2D eigenvalue weighted by molar-refractivity contribution is -0.123. The molecular formula is C20H31N3O2. The van der Waals surface area contributed by atoms with E-state index in [4.69, 9.17) is 5.73 Å². The Kier molecular flexibility index (Phi) is 7.92. The van der Waals surface area contributed by atoms with Gasteiger partial charge in [0.15, 0.2) is 0 Å². The molecule has 1 saturated heterocycles. The van der Waals surface area contributed by atoms with Crippen LogP contribution < -0.4 is 11.1 Å². The number of piperidine rings is 1. The van der Waals surface area contributed by atoms with E-state index < -0.39 is 0 Å². The molecule has 5 nitrogen and oxygen atoms in total. The van der Waals surface area contributed by atoms with Crippen molar-refractivity contribution in [2.45, 2.75) is 58.5 Å². The van der Waals surface area contributed by atoms with Crippen molar-refractivity contribution in [2.75, 3.05) is 13.1 Å². The smallest absolute Gasteiger partial charge is 0.221 e. The summed E-state index contributed by atoms with van der Waals surface area (Å²) in [4.78, 5) is 25.5. The number of likely N-dealkylation sites (tertiary alicyclic amines) is 1. The summed E-state index contributed by atoms with van der Waals surface area (Å²) in [5, 5.41) is 3.00. The Balaban J connectivity index is 1.82. The van der Waals surface area contributed by atoms with Gasteiger partial charge < -0.3 is 11.1 Å². The summed E-state index contributed by atoms with van der Waals surface area (Å²) < 4.78 is 0. The van der Waals surface area contributed by atoms with E-state index >= 15 is 0 Å². The topological polar surface area (TPSA) is 75.4 Å². The lowest BCUT2D eigenvalue weighted by Gasteiger charge is -2.31. The van der Waals surface area contributed by atoms with E-state index in [2.05, 4.69) is 29.3 Å². The molecular weight excluding hydrogens is 314 g/mol. The molecule has 0 unspecified atom stereocenters. The minimum atomic E-state index is -0.191. The molecule has 0 radical (unpaired) electrons. The van der Waals surface area contributed by atoms with E-state index in [0.717, 1.165) is 57.3 Å². The number of nitrogens with zero attached hydrogens (tertiary/aromatic N) is 1. The van der Waals surface area contributed by atoms with Crippen LogP contribution in [-0.2, 0) is 22.7 Å². The van der Waals surface area contributed by atoms with Gasteiger partial charge in [-0.25, -0.2) is 0 Å². The Morgan fingerprint density at radius 3 is 2.84 bits per heavy atom. The normalized spacial score (nSPS) is 18.0. The number of carbonyl (C=O) groups excluding carboxylic acids is 2. The predicted octanol–water partition coefficient (Wildman–Crippen LogP) is 2.58. The van der Waals surface area contributed by atoms with E-state index in [1.54, 1.807) is 0 Å². The number of carbonyl (C=O) groups is 2. The molecule has 1 fully saturated rings. The second-order valence-electron chi connectivity index (χ2n) is 7.03. The number of hydrogen-bond donors (Lipinski definition) is 2. The van der Waals surface area contributed by atoms with Gasteiger partial charge in [-0.05, 0) is 36.9 Å². The molecule has 0 aliphatic carbocycles. The van der Waals surface area contributed by atoms with Gasteiger partial charge in [0, 0.05) is 26.1 Å². The number of primary amides is 1. The molecule has 1 heterocycles. The van der Waals surface area contributed by atoms with Crippen LogP contribution in [0.2, 0.25) is 0 Å².